The van der Waals surface area contributed by atoms with Crippen molar-refractivity contribution in [3.8, 4) is 34.7 Å². The summed E-state index contributed by atoms with van der Waals surface area (Å²) in [5.41, 5.74) is 8.99. The fourth-order valence-corrected chi connectivity index (χ4v) is 4.99. The zero-order valence-electron chi connectivity index (χ0n) is 24.6. The number of aromatic hydroxyl groups is 1. The number of carbonyl (C=O) groups excluding carboxylic acids is 1. The third-order valence-electron chi connectivity index (χ3n) is 7.13. The van der Waals surface area contributed by atoms with Crippen LogP contribution in [-0.2, 0) is 0 Å². The van der Waals surface area contributed by atoms with E-state index in [2.05, 4.69) is 52.2 Å². The van der Waals surface area contributed by atoms with Crippen LogP contribution in [0.5, 0.6) is 11.6 Å². The summed E-state index contributed by atoms with van der Waals surface area (Å²) in [5, 5.41) is 25.7. The highest BCUT2D eigenvalue weighted by Crippen LogP contribution is 2.32. The van der Waals surface area contributed by atoms with Crippen LogP contribution in [0.4, 0.5) is 17.3 Å². The number of ether oxygens (including phenoxy) is 1. The molecule has 0 unspecified atom stereocenters. The van der Waals surface area contributed by atoms with Gasteiger partial charge in [-0.2, -0.15) is 10.1 Å². The molecule has 5 aromatic rings. The first-order chi connectivity index (χ1) is 22.0. The number of nitrogen functional groups attached to an aromatic ring is 1. The second-order valence-electron chi connectivity index (χ2n) is 10.1. The zero-order chi connectivity index (χ0) is 31.2. The highest BCUT2D eigenvalue weighted by Gasteiger charge is 2.21. The van der Waals surface area contributed by atoms with Gasteiger partial charge < -0.3 is 30.7 Å². The predicted octanol–water partition coefficient (Wildman–Crippen LogP) is 2.16. The highest BCUT2D eigenvalue weighted by molar-refractivity contribution is 5.93. The van der Waals surface area contributed by atoms with Crippen molar-refractivity contribution in [2.24, 2.45) is 0 Å². The van der Waals surface area contributed by atoms with Crippen LogP contribution in [0.3, 0.4) is 0 Å². The van der Waals surface area contributed by atoms with Crippen molar-refractivity contribution in [1.29, 1.82) is 0 Å². The first-order valence-electron chi connectivity index (χ1n) is 14.5. The lowest BCUT2D eigenvalue weighted by Gasteiger charge is -2.25. The molecule has 0 radical (unpaired) electrons. The number of nitrogens with zero attached hydrogens (tertiary/aromatic N) is 9. The number of nitrogens with one attached hydrogen (secondary N) is 1. The maximum atomic E-state index is 12.5. The quantitative estimate of drug-likeness (QED) is 0.231. The number of fused-ring (bicyclic) bond motifs is 1. The van der Waals surface area contributed by atoms with Crippen LogP contribution in [0.1, 0.15) is 29.7 Å². The van der Waals surface area contributed by atoms with Gasteiger partial charge in [0.15, 0.2) is 17.2 Å². The fraction of sp³-hybridized carbons (Fsp3) is 0.258. The molecule has 1 aliphatic rings. The third-order valence-corrected chi connectivity index (χ3v) is 7.13. The third kappa shape index (κ3) is 6.67. The van der Waals surface area contributed by atoms with Crippen LogP contribution in [0.25, 0.3) is 16.9 Å². The molecular formula is C31H31N11O3. The topological polar surface area (TPSA) is 173 Å². The monoisotopic (exact) mass is 605 g/mol. The Bertz CT molecular complexity index is 1870. The Labute approximate surface area is 258 Å². The summed E-state index contributed by atoms with van der Waals surface area (Å²) in [4.78, 5) is 30.2. The maximum Gasteiger partial charge on any atom is 0.272 e. The van der Waals surface area contributed by atoms with Crippen LogP contribution in [0.15, 0.2) is 60.9 Å². The number of hydrogen-bond donors (Lipinski definition) is 3. The van der Waals surface area contributed by atoms with Crippen molar-refractivity contribution in [3.63, 3.8) is 0 Å². The molecule has 228 valence electrons. The van der Waals surface area contributed by atoms with E-state index in [0.717, 1.165) is 25.2 Å². The molecule has 45 heavy (non-hydrogen) atoms. The van der Waals surface area contributed by atoms with Crippen molar-refractivity contribution in [2.45, 2.75) is 13.3 Å². The van der Waals surface area contributed by atoms with Crippen molar-refractivity contribution in [1.82, 2.24) is 40.1 Å². The largest absolute Gasteiger partial charge is 0.507 e. The number of anilines is 3. The van der Waals surface area contributed by atoms with Gasteiger partial charge in [-0.1, -0.05) is 18.1 Å². The molecule has 1 saturated heterocycles. The SMILES string of the molecule is CCOc1cc(N2CCCN(c3cc(-c4ccccc4O)nnc3N)CC2)nc(C#CCNC(=O)c2cc3ncccn3n2)n1. The summed E-state index contributed by atoms with van der Waals surface area (Å²) in [6, 6.07) is 14.0. The van der Waals surface area contributed by atoms with Gasteiger partial charge in [-0.15, -0.1) is 10.2 Å². The summed E-state index contributed by atoms with van der Waals surface area (Å²) < 4.78 is 7.25. The maximum absolute atomic E-state index is 12.5. The average Bonchev–Trinajstić information content (AvgIpc) is 3.34. The first kappa shape index (κ1) is 29.1. The number of nitrogens with two attached hydrogens (primary N) is 1. The number of hydrogen-bond acceptors (Lipinski definition) is 12. The minimum absolute atomic E-state index is 0.0838. The van der Waals surface area contributed by atoms with E-state index in [4.69, 9.17) is 15.5 Å². The molecule has 1 aromatic carbocycles. The van der Waals surface area contributed by atoms with Gasteiger partial charge in [0.2, 0.25) is 11.7 Å². The number of rotatable bonds is 7. The molecule has 1 aliphatic heterocycles. The lowest BCUT2D eigenvalue weighted by atomic mass is 10.1. The van der Waals surface area contributed by atoms with E-state index < -0.39 is 0 Å². The van der Waals surface area contributed by atoms with Gasteiger partial charge >= 0.3 is 0 Å². The summed E-state index contributed by atoms with van der Waals surface area (Å²) in [6.45, 7) is 5.18. The van der Waals surface area contributed by atoms with Gasteiger partial charge in [-0.25, -0.2) is 14.5 Å². The molecule has 4 aromatic heterocycles. The number of phenols is 1. The van der Waals surface area contributed by atoms with Gasteiger partial charge in [0.05, 0.1) is 24.5 Å². The average molecular weight is 606 g/mol. The minimum atomic E-state index is -0.355. The molecule has 5 heterocycles. The molecule has 0 spiro atoms. The zero-order valence-corrected chi connectivity index (χ0v) is 24.6. The van der Waals surface area contributed by atoms with E-state index in [1.54, 1.807) is 42.7 Å². The number of amides is 1. The second kappa shape index (κ2) is 13.1. The molecule has 4 N–H and O–H groups in total. The summed E-state index contributed by atoms with van der Waals surface area (Å²) in [6.07, 6.45) is 4.19. The van der Waals surface area contributed by atoms with Crippen LogP contribution in [0, 0.1) is 11.8 Å². The lowest BCUT2D eigenvalue weighted by Crippen LogP contribution is -2.32. The van der Waals surface area contributed by atoms with E-state index in [1.165, 1.54) is 4.52 Å². The molecule has 0 aliphatic carbocycles. The van der Waals surface area contributed by atoms with Gasteiger partial charge in [0.25, 0.3) is 5.91 Å². The fourth-order valence-electron chi connectivity index (χ4n) is 4.99. The van der Waals surface area contributed by atoms with Gasteiger partial charge in [0, 0.05) is 56.3 Å². The van der Waals surface area contributed by atoms with Gasteiger partial charge in [0.1, 0.15) is 11.6 Å². The Morgan fingerprint density at radius 1 is 1.07 bits per heavy atom. The van der Waals surface area contributed by atoms with E-state index in [9.17, 15) is 9.90 Å². The van der Waals surface area contributed by atoms with Crippen molar-refractivity contribution >= 4 is 28.9 Å². The summed E-state index contributed by atoms with van der Waals surface area (Å²) in [7, 11) is 0. The van der Waals surface area contributed by atoms with Crippen molar-refractivity contribution < 1.29 is 14.6 Å². The van der Waals surface area contributed by atoms with E-state index in [-0.39, 0.29) is 29.7 Å². The van der Waals surface area contributed by atoms with Gasteiger partial charge in [-0.3, -0.25) is 4.79 Å². The molecule has 0 saturated carbocycles. The van der Waals surface area contributed by atoms with Crippen LogP contribution >= 0.6 is 0 Å². The van der Waals surface area contributed by atoms with Crippen LogP contribution < -0.4 is 25.6 Å². The Hall–Kier alpha value is -5.97. The van der Waals surface area contributed by atoms with E-state index >= 15 is 0 Å². The standard InChI is InChI=1S/C31H31N11O3/c1-2-45-29-20-28(35-26(36-29)10-5-11-34-31(44)23-19-27-33-12-6-15-42(27)39-23)41-14-7-13-40(16-17-41)24-18-22(37-38-30(24)32)21-8-3-4-9-25(21)43/h3-4,6,8-9,12,15,18-20,43H,2,7,11,13-14,16-17H2,1H3,(H2,32,38)(H,34,44). The molecule has 0 bridgehead atoms. The highest BCUT2D eigenvalue weighted by atomic mass is 16.5. The molecule has 1 amide bonds. The molecule has 0 atom stereocenters. The van der Waals surface area contributed by atoms with Crippen molar-refractivity contribution in [3.05, 3.63) is 72.4 Å². The number of aromatic nitrogens is 7. The smallest absolute Gasteiger partial charge is 0.272 e. The summed E-state index contributed by atoms with van der Waals surface area (Å²) >= 11 is 0. The second-order valence-corrected chi connectivity index (χ2v) is 10.1. The van der Waals surface area contributed by atoms with Gasteiger partial charge in [-0.05, 0) is 43.5 Å². The van der Waals surface area contributed by atoms with E-state index in [0.29, 0.717) is 54.1 Å². The van der Waals surface area contributed by atoms with Crippen molar-refractivity contribution in [2.75, 3.05) is 54.9 Å². The minimum Gasteiger partial charge on any atom is -0.507 e. The molecular weight excluding hydrogens is 574 g/mol. The molecule has 6 rings (SSSR count). The Morgan fingerprint density at radius 2 is 1.91 bits per heavy atom. The molecule has 1 fully saturated rings. The van der Waals surface area contributed by atoms with Crippen LogP contribution in [0.2, 0.25) is 0 Å². The normalized spacial score (nSPS) is 13.2. The molecule has 14 heteroatoms. The Balaban J connectivity index is 1.14. The Kier molecular flexibility index (Phi) is 8.49. The summed E-state index contributed by atoms with van der Waals surface area (Å²) in [5.74, 6) is 7.37. The first-order valence-corrected chi connectivity index (χ1v) is 14.5. The Morgan fingerprint density at radius 3 is 2.76 bits per heavy atom. The van der Waals surface area contributed by atoms with Crippen LogP contribution in [-0.4, -0.2) is 85.1 Å². The lowest BCUT2D eigenvalue weighted by molar-refractivity contribution is 0.0953. The predicted molar refractivity (Wildman–Crippen MR) is 168 cm³/mol. The van der Waals surface area contributed by atoms with E-state index in [1.807, 2.05) is 25.1 Å². The molecule has 14 nitrogen and oxygen atoms in total. The number of para-hydroxylation sites is 1. The number of phenolic OH excluding ortho intramolecular Hbond substituents is 1. The number of carbonyl (C=O) groups is 1. The number of benzene rings is 1.